The number of ether oxygens (including phenoxy) is 2. The maximum absolute atomic E-state index is 5.44. The minimum Gasteiger partial charge on any atom is -0.464 e. The van der Waals surface area contributed by atoms with Crippen LogP contribution in [0.1, 0.15) is 33.6 Å². The van der Waals surface area contributed by atoms with E-state index in [-0.39, 0.29) is 0 Å². The monoisotopic (exact) mass is 240 g/mol. The SMILES string of the molecule is CCCCOc1nc(NCC)nc(OCC)n1. The van der Waals surface area contributed by atoms with Crippen LogP contribution in [0.3, 0.4) is 0 Å². The van der Waals surface area contributed by atoms with E-state index in [1.165, 1.54) is 0 Å². The van der Waals surface area contributed by atoms with Gasteiger partial charge < -0.3 is 14.8 Å². The Labute approximate surface area is 102 Å². The van der Waals surface area contributed by atoms with E-state index in [4.69, 9.17) is 9.47 Å². The fraction of sp³-hybridized carbons (Fsp3) is 0.727. The van der Waals surface area contributed by atoms with Gasteiger partial charge in [-0.3, -0.25) is 0 Å². The lowest BCUT2D eigenvalue weighted by Gasteiger charge is -2.08. The number of anilines is 1. The normalized spacial score (nSPS) is 10.1. The molecule has 0 bridgehead atoms. The first-order chi connectivity index (χ1) is 8.30. The maximum atomic E-state index is 5.44. The van der Waals surface area contributed by atoms with Crippen molar-refractivity contribution in [2.45, 2.75) is 33.6 Å². The average molecular weight is 240 g/mol. The third-order valence-electron chi connectivity index (χ3n) is 1.93. The van der Waals surface area contributed by atoms with Gasteiger partial charge in [0.25, 0.3) is 0 Å². The van der Waals surface area contributed by atoms with E-state index in [2.05, 4.69) is 27.2 Å². The lowest BCUT2D eigenvalue weighted by molar-refractivity contribution is 0.265. The minimum atomic E-state index is 0.296. The minimum absolute atomic E-state index is 0.296. The summed E-state index contributed by atoms with van der Waals surface area (Å²) in [5, 5.41) is 3.01. The topological polar surface area (TPSA) is 69.2 Å². The largest absolute Gasteiger partial charge is 0.464 e. The van der Waals surface area contributed by atoms with Crippen LogP contribution in [0.4, 0.5) is 5.95 Å². The molecule has 96 valence electrons. The molecule has 1 N–H and O–H groups in total. The van der Waals surface area contributed by atoms with Crippen LogP contribution in [0.2, 0.25) is 0 Å². The molecule has 0 saturated carbocycles. The Morgan fingerprint density at radius 3 is 2.29 bits per heavy atom. The molecular formula is C11H20N4O2. The molecule has 0 fully saturated rings. The van der Waals surface area contributed by atoms with Crippen molar-refractivity contribution < 1.29 is 9.47 Å². The van der Waals surface area contributed by atoms with Crippen LogP contribution in [0.25, 0.3) is 0 Å². The van der Waals surface area contributed by atoms with Gasteiger partial charge in [0.15, 0.2) is 0 Å². The standard InChI is InChI=1S/C11H20N4O2/c1-4-7-8-17-11-14-9(12-5-2)13-10(15-11)16-6-3/h4-8H2,1-3H3,(H,12,13,14,15). The predicted molar refractivity (Wildman–Crippen MR) is 65.6 cm³/mol. The van der Waals surface area contributed by atoms with Gasteiger partial charge in [-0.15, -0.1) is 4.98 Å². The van der Waals surface area contributed by atoms with Crippen molar-refractivity contribution in [2.24, 2.45) is 0 Å². The van der Waals surface area contributed by atoms with E-state index >= 15 is 0 Å². The van der Waals surface area contributed by atoms with E-state index in [1.54, 1.807) is 0 Å². The molecule has 1 aromatic heterocycles. The van der Waals surface area contributed by atoms with Gasteiger partial charge in [0.05, 0.1) is 13.2 Å². The molecule has 0 saturated heterocycles. The number of aromatic nitrogens is 3. The smallest absolute Gasteiger partial charge is 0.324 e. The summed E-state index contributed by atoms with van der Waals surface area (Å²) in [6.45, 7) is 7.83. The van der Waals surface area contributed by atoms with E-state index in [0.717, 1.165) is 19.4 Å². The van der Waals surface area contributed by atoms with Crippen LogP contribution in [0.15, 0.2) is 0 Å². The van der Waals surface area contributed by atoms with Crippen LogP contribution in [0.5, 0.6) is 12.0 Å². The van der Waals surface area contributed by atoms with Gasteiger partial charge in [0, 0.05) is 6.54 Å². The van der Waals surface area contributed by atoms with Crippen LogP contribution in [-0.2, 0) is 0 Å². The quantitative estimate of drug-likeness (QED) is 0.700. The average Bonchev–Trinajstić information content (AvgIpc) is 2.30. The molecule has 0 aromatic carbocycles. The van der Waals surface area contributed by atoms with Crippen molar-refractivity contribution in [3.63, 3.8) is 0 Å². The molecule has 6 nitrogen and oxygen atoms in total. The predicted octanol–water partition coefficient (Wildman–Crippen LogP) is 1.88. The Morgan fingerprint density at radius 1 is 1.00 bits per heavy atom. The molecule has 0 atom stereocenters. The van der Waals surface area contributed by atoms with Crippen molar-refractivity contribution in [1.29, 1.82) is 0 Å². The molecule has 1 rings (SSSR count). The molecule has 0 spiro atoms. The molecular weight excluding hydrogens is 220 g/mol. The highest BCUT2D eigenvalue weighted by molar-refractivity contribution is 5.27. The second kappa shape index (κ2) is 7.65. The molecule has 0 unspecified atom stereocenters. The number of unbranched alkanes of at least 4 members (excludes halogenated alkanes) is 1. The second-order valence-corrected chi connectivity index (χ2v) is 3.39. The number of hydrogen-bond acceptors (Lipinski definition) is 6. The summed E-state index contributed by atoms with van der Waals surface area (Å²) in [6.07, 6.45) is 2.05. The summed E-state index contributed by atoms with van der Waals surface area (Å²) in [5.41, 5.74) is 0. The van der Waals surface area contributed by atoms with Gasteiger partial charge in [-0.1, -0.05) is 13.3 Å². The summed E-state index contributed by atoms with van der Waals surface area (Å²) in [7, 11) is 0. The molecule has 0 radical (unpaired) electrons. The number of hydrogen-bond donors (Lipinski definition) is 1. The summed E-state index contributed by atoms with van der Waals surface area (Å²) in [6, 6.07) is 0.609. The Hall–Kier alpha value is -1.59. The Morgan fingerprint density at radius 2 is 1.71 bits per heavy atom. The Kier molecular flexibility index (Phi) is 6.06. The molecule has 0 aliphatic carbocycles. The van der Waals surface area contributed by atoms with Crippen LogP contribution in [-0.4, -0.2) is 34.7 Å². The number of nitrogens with zero attached hydrogens (tertiary/aromatic N) is 3. The van der Waals surface area contributed by atoms with E-state index in [9.17, 15) is 0 Å². The highest BCUT2D eigenvalue weighted by Gasteiger charge is 2.07. The van der Waals surface area contributed by atoms with Crippen LogP contribution >= 0.6 is 0 Å². The lowest BCUT2D eigenvalue weighted by atomic mass is 10.4. The van der Waals surface area contributed by atoms with Crippen molar-refractivity contribution in [3.05, 3.63) is 0 Å². The molecule has 6 heteroatoms. The zero-order valence-electron chi connectivity index (χ0n) is 10.7. The summed E-state index contributed by atoms with van der Waals surface area (Å²) in [5.74, 6) is 0.484. The van der Waals surface area contributed by atoms with Gasteiger partial charge in [0.1, 0.15) is 0 Å². The van der Waals surface area contributed by atoms with Gasteiger partial charge in [-0.05, 0) is 20.3 Å². The van der Waals surface area contributed by atoms with Crippen LogP contribution in [0, 0.1) is 0 Å². The van der Waals surface area contributed by atoms with Gasteiger partial charge in [0.2, 0.25) is 5.95 Å². The highest BCUT2D eigenvalue weighted by atomic mass is 16.5. The number of rotatable bonds is 8. The molecule has 0 amide bonds. The lowest BCUT2D eigenvalue weighted by Crippen LogP contribution is -2.09. The van der Waals surface area contributed by atoms with E-state index in [1.807, 2.05) is 13.8 Å². The molecule has 17 heavy (non-hydrogen) atoms. The van der Waals surface area contributed by atoms with Crippen LogP contribution < -0.4 is 14.8 Å². The summed E-state index contributed by atoms with van der Waals surface area (Å²) < 4.78 is 10.7. The molecule has 0 aliphatic heterocycles. The summed E-state index contributed by atoms with van der Waals surface area (Å²) in [4.78, 5) is 12.3. The molecule has 0 aliphatic rings. The first kappa shape index (κ1) is 13.5. The summed E-state index contributed by atoms with van der Waals surface area (Å²) >= 11 is 0. The second-order valence-electron chi connectivity index (χ2n) is 3.39. The Bertz CT molecular complexity index is 309. The van der Waals surface area contributed by atoms with Gasteiger partial charge in [-0.25, -0.2) is 0 Å². The maximum Gasteiger partial charge on any atom is 0.324 e. The third-order valence-corrected chi connectivity index (χ3v) is 1.93. The van der Waals surface area contributed by atoms with E-state index < -0.39 is 0 Å². The highest BCUT2D eigenvalue weighted by Crippen LogP contribution is 2.13. The zero-order chi connectivity index (χ0) is 12.5. The van der Waals surface area contributed by atoms with Gasteiger partial charge >= 0.3 is 12.0 Å². The van der Waals surface area contributed by atoms with Crippen molar-refractivity contribution in [3.8, 4) is 12.0 Å². The molecule has 1 heterocycles. The van der Waals surface area contributed by atoms with Gasteiger partial charge in [-0.2, -0.15) is 9.97 Å². The third kappa shape index (κ3) is 4.84. The first-order valence-electron chi connectivity index (χ1n) is 6.05. The van der Waals surface area contributed by atoms with Crippen molar-refractivity contribution >= 4 is 5.95 Å². The Balaban J connectivity index is 2.72. The zero-order valence-corrected chi connectivity index (χ0v) is 10.7. The fourth-order valence-electron chi connectivity index (χ4n) is 1.14. The number of nitrogens with one attached hydrogen (secondary N) is 1. The molecule has 1 aromatic rings. The van der Waals surface area contributed by atoms with E-state index in [0.29, 0.717) is 31.2 Å². The van der Waals surface area contributed by atoms with Crippen molar-refractivity contribution in [1.82, 2.24) is 15.0 Å². The van der Waals surface area contributed by atoms with Crippen molar-refractivity contribution in [2.75, 3.05) is 25.1 Å². The first-order valence-corrected chi connectivity index (χ1v) is 6.05. The fourth-order valence-corrected chi connectivity index (χ4v) is 1.14.